The van der Waals surface area contributed by atoms with E-state index in [0.29, 0.717) is 5.69 Å². The molecule has 6 nitrogen and oxygen atoms in total. The first-order valence-electron chi connectivity index (χ1n) is 8.77. The van der Waals surface area contributed by atoms with E-state index in [9.17, 15) is 9.59 Å². The zero-order chi connectivity index (χ0) is 20.3. The summed E-state index contributed by atoms with van der Waals surface area (Å²) in [6.45, 7) is 3.36. The van der Waals surface area contributed by atoms with Crippen LogP contribution in [0.5, 0.6) is 0 Å². The number of benzene rings is 2. The molecule has 28 heavy (non-hydrogen) atoms. The van der Waals surface area contributed by atoms with Crippen molar-refractivity contribution in [3.63, 3.8) is 0 Å². The highest BCUT2D eigenvalue weighted by molar-refractivity contribution is 7.15. The standard InChI is InChI=1S/C21H22N4O2S/c1-13-19(20(27)23-17-9-11-18(12-10-17)25(3)4)24-21(28-13)15-5-7-16(8-6-15)22-14(2)26/h5-12H,1-4H3,(H,22,26)(H,23,27). The molecular formula is C21H22N4O2S. The Kier molecular flexibility index (Phi) is 5.75. The molecular weight excluding hydrogens is 372 g/mol. The highest BCUT2D eigenvalue weighted by atomic mass is 32.1. The highest BCUT2D eigenvalue weighted by Gasteiger charge is 2.16. The van der Waals surface area contributed by atoms with E-state index in [2.05, 4.69) is 15.6 Å². The van der Waals surface area contributed by atoms with E-state index in [1.54, 1.807) is 0 Å². The van der Waals surface area contributed by atoms with Crippen LogP contribution < -0.4 is 15.5 Å². The number of aryl methyl sites for hydroxylation is 1. The average Bonchev–Trinajstić information content (AvgIpc) is 3.04. The van der Waals surface area contributed by atoms with Gasteiger partial charge >= 0.3 is 0 Å². The minimum Gasteiger partial charge on any atom is -0.378 e. The predicted octanol–water partition coefficient (Wildman–Crippen LogP) is 4.40. The topological polar surface area (TPSA) is 74.3 Å². The minimum absolute atomic E-state index is 0.115. The largest absolute Gasteiger partial charge is 0.378 e. The number of nitrogens with one attached hydrogen (secondary N) is 2. The number of carbonyl (C=O) groups excluding carboxylic acids is 2. The Hall–Kier alpha value is -3.19. The summed E-state index contributed by atoms with van der Waals surface area (Å²) in [6, 6.07) is 15.0. The Morgan fingerprint density at radius 2 is 1.50 bits per heavy atom. The van der Waals surface area contributed by atoms with E-state index in [0.717, 1.165) is 32.5 Å². The minimum atomic E-state index is -0.229. The molecule has 7 heteroatoms. The van der Waals surface area contributed by atoms with Gasteiger partial charge in [0, 0.05) is 48.5 Å². The molecule has 0 aliphatic carbocycles. The van der Waals surface area contributed by atoms with E-state index in [4.69, 9.17) is 0 Å². The van der Waals surface area contributed by atoms with Crippen molar-refractivity contribution < 1.29 is 9.59 Å². The van der Waals surface area contributed by atoms with Crippen LogP contribution in [-0.4, -0.2) is 30.9 Å². The summed E-state index contributed by atoms with van der Waals surface area (Å²) in [6.07, 6.45) is 0. The fourth-order valence-corrected chi connectivity index (χ4v) is 3.58. The molecule has 0 spiro atoms. The number of anilines is 3. The van der Waals surface area contributed by atoms with Gasteiger partial charge in [-0.25, -0.2) is 4.98 Å². The average molecular weight is 395 g/mol. The van der Waals surface area contributed by atoms with Crippen LogP contribution in [0.25, 0.3) is 10.6 Å². The van der Waals surface area contributed by atoms with E-state index in [-0.39, 0.29) is 11.8 Å². The van der Waals surface area contributed by atoms with Crippen molar-refractivity contribution in [3.8, 4) is 10.6 Å². The van der Waals surface area contributed by atoms with Gasteiger partial charge in [0.25, 0.3) is 5.91 Å². The molecule has 0 saturated carbocycles. The van der Waals surface area contributed by atoms with Crippen molar-refractivity contribution in [1.82, 2.24) is 4.98 Å². The summed E-state index contributed by atoms with van der Waals surface area (Å²) in [7, 11) is 3.94. The molecule has 0 atom stereocenters. The zero-order valence-electron chi connectivity index (χ0n) is 16.2. The van der Waals surface area contributed by atoms with Gasteiger partial charge in [0.2, 0.25) is 5.91 Å². The summed E-state index contributed by atoms with van der Waals surface area (Å²) in [5, 5.41) is 6.40. The maximum Gasteiger partial charge on any atom is 0.275 e. The summed E-state index contributed by atoms with van der Waals surface area (Å²) >= 11 is 1.47. The second-order valence-corrected chi connectivity index (χ2v) is 7.78. The molecule has 0 saturated heterocycles. The number of amides is 2. The predicted molar refractivity (Wildman–Crippen MR) is 115 cm³/mol. The fourth-order valence-electron chi connectivity index (χ4n) is 2.66. The van der Waals surface area contributed by atoms with Gasteiger partial charge in [-0.15, -0.1) is 11.3 Å². The third-order valence-corrected chi connectivity index (χ3v) is 5.13. The molecule has 0 radical (unpaired) electrons. The third kappa shape index (κ3) is 4.55. The van der Waals surface area contributed by atoms with E-state index in [1.807, 2.05) is 74.4 Å². The number of nitrogens with zero attached hydrogens (tertiary/aromatic N) is 2. The molecule has 144 valence electrons. The Morgan fingerprint density at radius 3 is 2.07 bits per heavy atom. The first-order chi connectivity index (χ1) is 13.3. The van der Waals surface area contributed by atoms with Crippen LogP contribution in [-0.2, 0) is 4.79 Å². The van der Waals surface area contributed by atoms with Gasteiger partial charge in [-0.2, -0.15) is 0 Å². The molecule has 2 aromatic carbocycles. The molecule has 2 N–H and O–H groups in total. The molecule has 3 rings (SSSR count). The van der Waals surface area contributed by atoms with E-state index < -0.39 is 0 Å². The van der Waals surface area contributed by atoms with Crippen LogP contribution in [0.1, 0.15) is 22.3 Å². The number of hydrogen-bond donors (Lipinski definition) is 2. The van der Waals surface area contributed by atoms with Crippen LogP contribution in [0.15, 0.2) is 48.5 Å². The van der Waals surface area contributed by atoms with Crippen LogP contribution >= 0.6 is 11.3 Å². The van der Waals surface area contributed by atoms with Gasteiger partial charge in [0.1, 0.15) is 10.7 Å². The first kappa shape index (κ1) is 19.6. The van der Waals surface area contributed by atoms with E-state index >= 15 is 0 Å². The smallest absolute Gasteiger partial charge is 0.275 e. The lowest BCUT2D eigenvalue weighted by Crippen LogP contribution is -2.14. The maximum atomic E-state index is 12.6. The van der Waals surface area contributed by atoms with Gasteiger partial charge in [-0.3, -0.25) is 9.59 Å². The first-order valence-corrected chi connectivity index (χ1v) is 9.59. The summed E-state index contributed by atoms with van der Waals surface area (Å²) in [5.74, 6) is -0.345. The molecule has 0 aliphatic rings. The SMILES string of the molecule is CC(=O)Nc1ccc(-c2nc(C(=O)Nc3ccc(N(C)C)cc3)c(C)s2)cc1. The van der Waals surface area contributed by atoms with Crippen molar-refractivity contribution in [2.45, 2.75) is 13.8 Å². The quantitative estimate of drug-likeness (QED) is 0.673. The Balaban J connectivity index is 1.75. The second-order valence-electron chi connectivity index (χ2n) is 6.58. The van der Waals surface area contributed by atoms with Gasteiger partial charge in [-0.05, 0) is 55.5 Å². The third-order valence-electron chi connectivity index (χ3n) is 4.11. The summed E-state index contributed by atoms with van der Waals surface area (Å²) in [4.78, 5) is 31.1. The van der Waals surface area contributed by atoms with Crippen molar-refractivity contribution in [2.75, 3.05) is 29.6 Å². The summed E-state index contributed by atoms with van der Waals surface area (Å²) < 4.78 is 0. The normalized spacial score (nSPS) is 10.4. The molecule has 0 unspecified atom stereocenters. The highest BCUT2D eigenvalue weighted by Crippen LogP contribution is 2.29. The fraction of sp³-hybridized carbons (Fsp3) is 0.190. The van der Waals surface area contributed by atoms with Crippen LogP contribution in [0.2, 0.25) is 0 Å². The van der Waals surface area contributed by atoms with Crippen molar-refractivity contribution in [3.05, 3.63) is 59.1 Å². The number of aromatic nitrogens is 1. The van der Waals surface area contributed by atoms with Gasteiger partial charge in [-0.1, -0.05) is 0 Å². The molecule has 1 aromatic heterocycles. The lowest BCUT2D eigenvalue weighted by molar-refractivity contribution is -0.114. The van der Waals surface area contributed by atoms with E-state index in [1.165, 1.54) is 18.3 Å². The number of rotatable bonds is 5. The number of carbonyl (C=O) groups is 2. The molecule has 0 bridgehead atoms. The Morgan fingerprint density at radius 1 is 0.929 bits per heavy atom. The zero-order valence-corrected chi connectivity index (χ0v) is 17.1. The van der Waals surface area contributed by atoms with Crippen molar-refractivity contribution in [2.24, 2.45) is 0 Å². The van der Waals surface area contributed by atoms with Gasteiger partial charge < -0.3 is 15.5 Å². The molecule has 0 fully saturated rings. The lowest BCUT2D eigenvalue weighted by atomic mass is 10.2. The van der Waals surface area contributed by atoms with Gasteiger partial charge in [0.05, 0.1) is 0 Å². The van der Waals surface area contributed by atoms with Crippen LogP contribution in [0, 0.1) is 6.92 Å². The Labute approximate surface area is 168 Å². The summed E-state index contributed by atoms with van der Waals surface area (Å²) in [5.41, 5.74) is 3.83. The number of hydrogen-bond acceptors (Lipinski definition) is 5. The molecule has 2 amide bonds. The molecule has 1 heterocycles. The van der Waals surface area contributed by atoms with Crippen molar-refractivity contribution >= 4 is 40.2 Å². The second kappa shape index (κ2) is 8.22. The van der Waals surface area contributed by atoms with Crippen LogP contribution in [0.3, 0.4) is 0 Å². The van der Waals surface area contributed by atoms with Gasteiger partial charge in [0.15, 0.2) is 0 Å². The maximum absolute atomic E-state index is 12.6. The molecule has 3 aromatic rings. The lowest BCUT2D eigenvalue weighted by Gasteiger charge is -2.12. The monoisotopic (exact) mass is 394 g/mol. The number of thiazole rings is 1. The van der Waals surface area contributed by atoms with Crippen LogP contribution in [0.4, 0.5) is 17.1 Å². The Bertz CT molecular complexity index is 992. The molecule has 0 aliphatic heterocycles. The van der Waals surface area contributed by atoms with Crippen molar-refractivity contribution in [1.29, 1.82) is 0 Å².